The molecule has 1 aromatic heterocycles. The normalized spacial score (nSPS) is 15.0. The summed E-state index contributed by atoms with van der Waals surface area (Å²) in [6.07, 6.45) is 7.35. The lowest BCUT2D eigenvalue weighted by molar-refractivity contribution is 0.0756. The zero-order chi connectivity index (χ0) is 16.8. The van der Waals surface area contributed by atoms with Gasteiger partial charge in [-0.2, -0.15) is 0 Å². The molecule has 1 aromatic carbocycles. The van der Waals surface area contributed by atoms with Crippen molar-refractivity contribution >= 4 is 17.3 Å². The average Bonchev–Trinajstić information content (AvgIpc) is 2.92. The van der Waals surface area contributed by atoms with Crippen LogP contribution in [0.2, 0.25) is 0 Å². The fraction of sp³-hybridized carbons (Fsp3) is 0.400. The van der Waals surface area contributed by atoms with E-state index in [2.05, 4.69) is 29.4 Å². The van der Waals surface area contributed by atoms with E-state index in [9.17, 15) is 4.79 Å². The van der Waals surface area contributed by atoms with Gasteiger partial charge in [0.25, 0.3) is 5.91 Å². The van der Waals surface area contributed by atoms with Crippen molar-refractivity contribution in [2.45, 2.75) is 39.0 Å². The number of aromatic nitrogens is 1. The summed E-state index contributed by atoms with van der Waals surface area (Å²) >= 11 is 0. The zero-order valence-electron chi connectivity index (χ0n) is 14.3. The zero-order valence-corrected chi connectivity index (χ0v) is 14.3. The van der Waals surface area contributed by atoms with E-state index in [0.717, 1.165) is 43.7 Å². The third-order valence-electron chi connectivity index (χ3n) is 4.55. The Morgan fingerprint density at radius 2 is 1.83 bits per heavy atom. The maximum atomic E-state index is 12.6. The molecule has 0 radical (unpaired) electrons. The first-order chi connectivity index (χ1) is 11.8. The van der Waals surface area contributed by atoms with Gasteiger partial charge in [0, 0.05) is 18.8 Å². The van der Waals surface area contributed by atoms with Crippen LogP contribution in [0.5, 0.6) is 0 Å². The number of benzene rings is 1. The molecule has 1 fully saturated rings. The van der Waals surface area contributed by atoms with Gasteiger partial charge in [0.2, 0.25) is 0 Å². The van der Waals surface area contributed by atoms with Gasteiger partial charge in [-0.15, -0.1) is 0 Å². The number of amides is 1. The maximum Gasteiger partial charge on any atom is 0.272 e. The quantitative estimate of drug-likeness (QED) is 0.907. The number of para-hydroxylation sites is 1. The Kier molecular flexibility index (Phi) is 5.47. The Bertz CT molecular complexity index is 674. The molecular weight excluding hydrogens is 298 g/mol. The van der Waals surface area contributed by atoms with Gasteiger partial charge in [-0.3, -0.25) is 4.79 Å². The second-order valence-corrected chi connectivity index (χ2v) is 6.27. The largest absolute Gasteiger partial charge is 0.354 e. The number of nitrogens with one attached hydrogen (secondary N) is 1. The molecule has 0 bridgehead atoms. The van der Waals surface area contributed by atoms with E-state index in [4.69, 9.17) is 0 Å². The van der Waals surface area contributed by atoms with Gasteiger partial charge < -0.3 is 10.2 Å². The number of hydrogen-bond donors (Lipinski definition) is 1. The van der Waals surface area contributed by atoms with Crippen LogP contribution < -0.4 is 5.32 Å². The van der Waals surface area contributed by atoms with Gasteiger partial charge in [-0.05, 0) is 43.0 Å². The minimum Gasteiger partial charge on any atom is -0.354 e. The standard InChI is InChI=1S/C20H25N3O/c1-2-16-9-5-6-10-18(16)22-17-11-12-19(21-15-17)20(24)23-13-7-3-4-8-14-23/h5-6,9-12,15,22H,2-4,7-8,13-14H2,1H3. The fourth-order valence-corrected chi connectivity index (χ4v) is 3.14. The molecule has 1 aliphatic rings. The summed E-state index contributed by atoms with van der Waals surface area (Å²) in [6.45, 7) is 3.84. The first-order valence-corrected chi connectivity index (χ1v) is 8.88. The van der Waals surface area contributed by atoms with Crippen LogP contribution in [0.1, 0.15) is 48.7 Å². The van der Waals surface area contributed by atoms with Gasteiger partial charge in [-0.25, -0.2) is 4.98 Å². The van der Waals surface area contributed by atoms with Crippen LogP contribution in [0.25, 0.3) is 0 Å². The molecule has 126 valence electrons. The predicted octanol–water partition coefficient (Wildman–Crippen LogP) is 4.40. The summed E-state index contributed by atoms with van der Waals surface area (Å²) in [5.74, 6) is 0.0532. The first kappa shape index (κ1) is 16.5. The van der Waals surface area contributed by atoms with Crippen molar-refractivity contribution in [1.82, 2.24) is 9.88 Å². The van der Waals surface area contributed by atoms with Crippen molar-refractivity contribution in [2.75, 3.05) is 18.4 Å². The molecule has 1 amide bonds. The van der Waals surface area contributed by atoms with Crippen molar-refractivity contribution in [3.63, 3.8) is 0 Å². The van der Waals surface area contributed by atoms with Crippen LogP contribution in [-0.2, 0) is 6.42 Å². The van der Waals surface area contributed by atoms with Crippen molar-refractivity contribution in [3.8, 4) is 0 Å². The highest BCUT2D eigenvalue weighted by atomic mass is 16.2. The molecule has 1 N–H and O–H groups in total. The summed E-state index contributed by atoms with van der Waals surface area (Å²) in [5, 5.41) is 3.39. The lowest BCUT2D eigenvalue weighted by Gasteiger charge is -2.19. The number of aryl methyl sites for hydroxylation is 1. The molecule has 1 saturated heterocycles. The topological polar surface area (TPSA) is 45.2 Å². The smallest absolute Gasteiger partial charge is 0.272 e. The molecule has 0 unspecified atom stereocenters. The number of rotatable bonds is 4. The Balaban J connectivity index is 1.69. The summed E-state index contributed by atoms with van der Waals surface area (Å²) < 4.78 is 0. The molecule has 0 saturated carbocycles. The van der Waals surface area contributed by atoms with Crippen molar-refractivity contribution < 1.29 is 4.79 Å². The van der Waals surface area contributed by atoms with E-state index in [1.807, 2.05) is 29.2 Å². The molecule has 0 atom stereocenters. The van der Waals surface area contributed by atoms with E-state index in [1.54, 1.807) is 6.20 Å². The second-order valence-electron chi connectivity index (χ2n) is 6.27. The number of nitrogens with zero attached hydrogens (tertiary/aromatic N) is 2. The molecule has 1 aliphatic heterocycles. The first-order valence-electron chi connectivity index (χ1n) is 8.88. The van der Waals surface area contributed by atoms with Crippen LogP contribution in [0.15, 0.2) is 42.6 Å². The third-order valence-corrected chi connectivity index (χ3v) is 4.55. The molecule has 3 rings (SSSR count). The van der Waals surface area contributed by atoms with Crippen LogP contribution in [0.3, 0.4) is 0 Å². The van der Waals surface area contributed by atoms with Gasteiger partial charge in [0.15, 0.2) is 0 Å². The fourth-order valence-electron chi connectivity index (χ4n) is 3.14. The number of carbonyl (C=O) groups excluding carboxylic acids is 1. The van der Waals surface area contributed by atoms with Gasteiger partial charge >= 0.3 is 0 Å². The van der Waals surface area contributed by atoms with Crippen molar-refractivity contribution in [2.24, 2.45) is 0 Å². The summed E-state index contributed by atoms with van der Waals surface area (Å²) in [6, 6.07) is 12.0. The molecule has 0 aliphatic carbocycles. The molecule has 0 spiro atoms. The molecule has 4 heteroatoms. The SMILES string of the molecule is CCc1ccccc1Nc1ccc(C(=O)N2CCCCCC2)nc1. The molecule has 24 heavy (non-hydrogen) atoms. The monoisotopic (exact) mass is 323 g/mol. The van der Waals surface area contributed by atoms with Crippen LogP contribution >= 0.6 is 0 Å². The lowest BCUT2D eigenvalue weighted by atomic mass is 10.1. The van der Waals surface area contributed by atoms with E-state index in [-0.39, 0.29) is 5.91 Å². The van der Waals surface area contributed by atoms with E-state index in [0.29, 0.717) is 5.69 Å². The molecule has 2 aromatic rings. The van der Waals surface area contributed by atoms with Gasteiger partial charge in [0.05, 0.1) is 11.9 Å². The lowest BCUT2D eigenvalue weighted by Crippen LogP contribution is -2.32. The van der Waals surface area contributed by atoms with E-state index < -0.39 is 0 Å². The van der Waals surface area contributed by atoms with Crippen molar-refractivity contribution in [1.29, 1.82) is 0 Å². The summed E-state index contributed by atoms with van der Waals surface area (Å²) in [7, 11) is 0. The Hall–Kier alpha value is -2.36. The Morgan fingerprint density at radius 3 is 2.50 bits per heavy atom. The highest BCUT2D eigenvalue weighted by Gasteiger charge is 2.18. The minimum absolute atomic E-state index is 0.0532. The van der Waals surface area contributed by atoms with E-state index in [1.165, 1.54) is 18.4 Å². The van der Waals surface area contributed by atoms with Crippen LogP contribution in [0.4, 0.5) is 11.4 Å². The van der Waals surface area contributed by atoms with Crippen molar-refractivity contribution in [3.05, 3.63) is 53.9 Å². The highest BCUT2D eigenvalue weighted by Crippen LogP contribution is 2.21. The number of pyridine rings is 1. The summed E-state index contributed by atoms with van der Waals surface area (Å²) in [5.41, 5.74) is 3.80. The minimum atomic E-state index is 0.0532. The average molecular weight is 323 g/mol. The Morgan fingerprint density at radius 1 is 1.08 bits per heavy atom. The van der Waals surface area contributed by atoms with Gasteiger partial charge in [-0.1, -0.05) is 38.0 Å². The van der Waals surface area contributed by atoms with Crippen LogP contribution in [0, 0.1) is 0 Å². The second kappa shape index (κ2) is 7.95. The number of hydrogen-bond acceptors (Lipinski definition) is 3. The summed E-state index contributed by atoms with van der Waals surface area (Å²) in [4.78, 5) is 18.9. The number of anilines is 2. The van der Waals surface area contributed by atoms with Crippen LogP contribution in [-0.4, -0.2) is 28.9 Å². The molecular formula is C20H25N3O. The predicted molar refractivity (Wildman–Crippen MR) is 97.7 cm³/mol. The number of likely N-dealkylation sites (tertiary alicyclic amines) is 1. The highest BCUT2D eigenvalue weighted by molar-refractivity contribution is 5.92. The maximum absolute atomic E-state index is 12.6. The molecule has 2 heterocycles. The molecule has 4 nitrogen and oxygen atoms in total. The number of carbonyl (C=O) groups is 1. The third kappa shape index (κ3) is 3.94. The van der Waals surface area contributed by atoms with Gasteiger partial charge in [0.1, 0.15) is 5.69 Å². The van der Waals surface area contributed by atoms with E-state index >= 15 is 0 Å². The Labute approximate surface area is 143 Å².